The second-order valence-electron chi connectivity index (χ2n) is 18.8. The number of hydrogen-bond donors (Lipinski definition) is 0. The molecule has 3 unspecified atom stereocenters. The molecule has 0 saturated heterocycles. The second-order valence-corrected chi connectivity index (χ2v) is 28.3. The molecule has 5 heteroatoms. The predicted octanol–water partition coefficient (Wildman–Crippen LogP) is 11.7. The van der Waals surface area contributed by atoms with E-state index in [1.54, 1.807) is 5.57 Å². The first-order chi connectivity index (χ1) is 20.6. The van der Waals surface area contributed by atoms with Crippen molar-refractivity contribution in [2.24, 2.45) is 29.1 Å². The van der Waals surface area contributed by atoms with Gasteiger partial charge in [0.25, 0.3) is 0 Å². The summed E-state index contributed by atoms with van der Waals surface area (Å²) < 4.78 is 14.2. The molecule has 4 saturated carbocycles. The standard InChI is InChI=1S/C40H68O3Si2/c1-27(24-31-19-22-36(41)28(31)2)34-20-21-35-30(16-15-23-40(34,35)10)17-18-32-25-33(42-44(11,12)38(4,5)6)26-37(29(32)3)43-45(13,14)39(7,8)9/h17-18,27,31,33-35,37H,2-3,15-16,19-26H2,1,4-14H3/b30-17+,32-18-/t27?,31?,33-,34-,35?,37+,40-/m1/s1. The molecule has 4 aliphatic rings. The van der Waals surface area contributed by atoms with Crippen molar-refractivity contribution in [1.82, 2.24) is 0 Å². The smallest absolute Gasteiger partial charge is 0.192 e. The van der Waals surface area contributed by atoms with Crippen molar-refractivity contribution in [3.05, 3.63) is 47.6 Å². The molecule has 7 atom stereocenters. The number of hydrogen-bond acceptors (Lipinski definition) is 3. The van der Waals surface area contributed by atoms with E-state index in [4.69, 9.17) is 8.85 Å². The Morgan fingerprint density at radius 2 is 1.53 bits per heavy atom. The van der Waals surface area contributed by atoms with Crippen LogP contribution in [0.4, 0.5) is 0 Å². The number of rotatable bonds is 8. The molecule has 0 amide bonds. The molecule has 0 aliphatic heterocycles. The highest BCUT2D eigenvalue weighted by Crippen LogP contribution is 2.60. The van der Waals surface area contributed by atoms with E-state index >= 15 is 0 Å². The van der Waals surface area contributed by atoms with E-state index in [0.717, 1.165) is 37.2 Å². The van der Waals surface area contributed by atoms with Crippen molar-refractivity contribution in [3.63, 3.8) is 0 Å². The molecule has 0 bridgehead atoms. The zero-order valence-corrected chi connectivity index (χ0v) is 33.3. The number of carbonyl (C=O) groups excluding carboxylic acids is 1. The summed E-state index contributed by atoms with van der Waals surface area (Å²) in [6.45, 7) is 37.4. The summed E-state index contributed by atoms with van der Waals surface area (Å²) in [6, 6.07) is 0. The summed E-state index contributed by atoms with van der Waals surface area (Å²) in [7, 11) is -3.92. The van der Waals surface area contributed by atoms with E-state index in [-0.39, 0.29) is 22.3 Å². The molecule has 45 heavy (non-hydrogen) atoms. The molecule has 4 fully saturated rings. The van der Waals surface area contributed by atoms with Crippen LogP contribution in [0.1, 0.15) is 120 Å². The lowest BCUT2D eigenvalue weighted by Gasteiger charge is -2.46. The highest BCUT2D eigenvalue weighted by Gasteiger charge is 2.51. The van der Waals surface area contributed by atoms with Crippen LogP contribution in [0.3, 0.4) is 0 Å². The lowest BCUT2D eigenvalue weighted by molar-refractivity contribution is -0.114. The van der Waals surface area contributed by atoms with Crippen LogP contribution in [0.25, 0.3) is 0 Å². The van der Waals surface area contributed by atoms with Gasteiger partial charge in [-0.3, -0.25) is 4.79 Å². The van der Waals surface area contributed by atoms with E-state index in [9.17, 15) is 4.79 Å². The number of fused-ring (bicyclic) bond motifs is 1. The number of Topliss-reactive ketones (excluding diaryl/α,β-unsaturated/α-hetero) is 1. The van der Waals surface area contributed by atoms with Crippen molar-refractivity contribution >= 4 is 22.4 Å². The third-order valence-electron chi connectivity index (χ3n) is 13.7. The van der Waals surface area contributed by atoms with Crippen molar-refractivity contribution in [2.75, 3.05) is 0 Å². The van der Waals surface area contributed by atoms with Gasteiger partial charge >= 0.3 is 0 Å². The second kappa shape index (κ2) is 13.1. The van der Waals surface area contributed by atoms with E-state index in [1.165, 1.54) is 43.3 Å². The van der Waals surface area contributed by atoms with Crippen LogP contribution in [-0.2, 0) is 13.6 Å². The van der Waals surface area contributed by atoms with E-state index < -0.39 is 16.6 Å². The van der Waals surface area contributed by atoms with E-state index in [0.29, 0.717) is 35.4 Å². The van der Waals surface area contributed by atoms with Crippen molar-refractivity contribution in [1.29, 1.82) is 0 Å². The Balaban J connectivity index is 1.58. The van der Waals surface area contributed by atoms with Crippen LogP contribution in [0.2, 0.25) is 36.3 Å². The van der Waals surface area contributed by atoms with Gasteiger partial charge in [-0.25, -0.2) is 0 Å². The fraction of sp³-hybridized carbons (Fsp3) is 0.775. The number of allylic oxidation sites excluding steroid dienone is 4. The molecule has 4 rings (SSSR count). The minimum atomic E-state index is -1.98. The minimum absolute atomic E-state index is 0.0182. The summed E-state index contributed by atoms with van der Waals surface area (Å²) in [4.78, 5) is 12.2. The molecule has 0 heterocycles. The van der Waals surface area contributed by atoms with Gasteiger partial charge in [0.15, 0.2) is 22.4 Å². The maximum Gasteiger partial charge on any atom is 0.192 e. The molecule has 0 N–H and O–H groups in total. The highest BCUT2D eigenvalue weighted by molar-refractivity contribution is 6.74. The predicted molar refractivity (Wildman–Crippen MR) is 198 cm³/mol. The quantitative estimate of drug-likeness (QED) is 0.193. The summed E-state index contributed by atoms with van der Waals surface area (Å²) in [5, 5.41) is 0.321. The maximum absolute atomic E-state index is 12.2. The van der Waals surface area contributed by atoms with E-state index in [2.05, 4.69) is 107 Å². The zero-order chi connectivity index (χ0) is 33.8. The molecule has 0 aromatic rings. The average Bonchev–Trinajstić information content (AvgIpc) is 3.42. The molecule has 0 aromatic heterocycles. The topological polar surface area (TPSA) is 35.5 Å². The highest BCUT2D eigenvalue weighted by atomic mass is 28.4. The molecular formula is C40H68O3Si2. The van der Waals surface area contributed by atoms with Gasteiger partial charge in [-0.1, -0.05) is 86.3 Å². The first-order valence-electron chi connectivity index (χ1n) is 18.2. The van der Waals surface area contributed by atoms with E-state index in [1.807, 2.05) is 0 Å². The Bertz CT molecular complexity index is 1210. The molecule has 0 radical (unpaired) electrons. The largest absolute Gasteiger partial charge is 0.413 e. The monoisotopic (exact) mass is 652 g/mol. The lowest BCUT2D eigenvalue weighted by atomic mass is 9.60. The first kappa shape index (κ1) is 36.8. The maximum atomic E-state index is 12.2. The average molecular weight is 653 g/mol. The Hall–Kier alpha value is -1.02. The van der Waals surface area contributed by atoms with Gasteiger partial charge in [0, 0.05) is 12.8 Å². The van der Waals surface area contributed by atoms with Crippen LogP contribution in [0.5, 0.6) is 0 Å². The summed E-state index contributed by atoms with van der Waals surface area (Å²) in [5.41, 5.74) is 5.40. The molecule has 3 nitrogen and oxygen atoms in total. The molecule has 4 aliphatic carbocycles. The molecular weight excluding hydrogens is 585 g/mol. The van der Waals surface area contributed by atoms with Gasteiger partial charge < -0.3 is 8.85 Å². The first-order valence-corrected chi connectivity index (χ1v) is 24.1. The van der Waals surface area contributed by atoms with Gasteiger partial charge in [-0.05, 0) is 133 Å². The van der Waals surface area contributed by atoms with Gasteiger partial charge in [0.2, 0.25) is 0 Å². The summed E-state index contributed by atoms with van der Waals surface area (Å²) >= 11 is 0. The molecule has 0 spiro atoms. The SMILES string of the molecule is C=C1C(=O)CCC1CC(C)[C@H]1CCC2/C(=C/C=C3/C[C@@H](O[Si](C)(C)C(C)(C)C)C[C@H](O[Si](C)(C)C(C)(C)C)C3=C)CCC[C@@]21C. The Kier molecular flexibility index (Phi) is 10.7. The Morgan fingerprint density at radius 3 is 2.11 bits per heavy atom. The van der Waals surface area contributed by atoms with Gasteiger partial charge in [-0.2, -0.15) is 0 Å². The van der Waals surface area contributed by atoms with Crippen LogP contribution in [-0.4, -0.2) is 34.6 Å². The van der Waals surface area contributed by atoms with Crippen molar-refractivity contribution in [3.8, 4) is 0 Å². The Morgan fingerprint density at radius 1 is 0.911 bits per heavy atom. The van der Waals surface area contributed by atoms with Crippen LogP contribution in [0, 0.1) is 29.1 Å². The fourth-order valence-electron chi connectivity index (χ4n) is 8.72. The van der Waals surface area contributed by atoms with Gasteiger partial charge in [0.1, 0.15) is 0 Å². The minimum Gasteiger partial charge on any atom is -0.413 e. The number of carbonyl (C=O) groups is 1. The lowest BCUT2D eigenvalue weighted by Crippen LogP contribution is -2.49. The summed E-state index contributed by atoms with van der Waals surface area (Å²) in [6.07, 6.45) is 16.2. The normalized spacial score (nSPS) is 34.6. The van der Waals surface area contributed by atoms with Crippen LogP contribution in [0.15, 0.2) is 47.6 Å². The summed E-state index contributed by atoms with van der Waals surface area (Å²) in [5.74, 6) is 2.71. The van der Waals surface area contributed by atoms with Crippen LogP contribution >= 0.6 is 0 Å². The Labute approximate surface area is 280 Å². The van der Waals surface area contributed by atoms with Crippen molar-refractivity contribution < 1.29 is 13.6 Å². The number of ketones is 1. The van der Waals surface area contributed by atoms with Crippen LogP contribution < -0.4 is 0 Å². The van der Waals surface area contributed by atoms with Crippen molar-refractivity contribution in [2.45, 2.75) is 168 Å². The molecule has 0 aromatic carbocycles. The van der Waals surface area contributed by atoms with Gasteiger partial charge in [0.05, 0.1) is 12.2 Å². The third-order valence-corrected chi connectivity index (χ3v) is 22.7. The molecule has 254 valence electrons. The van der Waals surface area contributed by atoms with Gasteiger partial charge in [-0.15, -0.1) is 0 Å². The zero-order valence-electron chi connectivity index (χ0n) is 31.3. The fourth-order valence-corrected chi connectivity index (χ4v) is 11.4. The third kappa shape index (κ3) is 7.68.